The fraction of sp³-hybridized carbons (Fsp3) is 0.462. The maximum Gasteiger partial charge on any atom is 0.100 e. The van der Waals surface area contributed by atoms with Crippen LogP contribution in [0.4, 0.5) is 0 Å². The second-order valence-corrected chi connectivity index (χ2v) is 5.71. The Labute approximate surface area is 106 Å². The molecule has 1 aromatic carbocycles. The minimum absolute atomic E-state index is 0.641. The molecule has 3 heteroatoms. The summed E-state index contributed by atoms with van der Waals surface area (Å²) in [5.41, 5.74) is 0.704. The van der Waals surface area contributed by atoms with Crippen LogP contribution in [-0.2, 0) is 0 Å². The summed E-state index contributed by atoms with van der Waals surface area (Å²) in [6, 6.07) is 7.77. The summed E-state index contributed by atoms with van der Waals surface area (Å²) in [5.74, 6) is 1.98. The van der Waals surface area contributed by atoms with Crippen LogP contribution < -0.4 is 0 Å². The third-order valence-corrected chi connectivity index (χ3v) is 4.55. The van der Waals surface area contributed by atoms with Crippen LogP contribution in [-0.4, -0.2) is 5.75 Å². The minimum Gasteiger partial charge on any atom is -0.192 e. The Morgan fingerprint density at radius 1 is 1.38 bits per heavy atom. The molecule has 84 valence electrons. The quantitative estimate of drug-likeness (QED) is 0.739. The van der Waals surface area contributed by atoms with Gasteiger partial charge in [-0.1, -0.05) is 24.4 Å². The molecule has 0 bridgehead atoms. The van der Waals surface area contributed by atoms with Gasteiger partial charge in [0, 0.05) is 15.7 Å². The van der Waals surface area contributed by atoms with Crippen molar-refractivity contribution in [1.82, 2.24) is 0 Å². The maximum absolute atomic E-state index is 9.01. The zero-order chi connectivity index (χ0) is 11.4. The molecule has 0 radical (unpaired) electrons. The molecule has 2 rings (SSSR count). The third kappa shape index (κ3) is 2.93. The van der Waals surface area contributed by atoms with Crippen LogP contribution in [0.3, 0.4) is 0 Å². The van der Waals surface area contributed by atoms with E-state index in [-0.39, 0.29) is 0 Å². The van der Waals surface area contributed by atoms with E-state index in [1.807, 2.05) is 12.1 Å². The molecule has 0 atom stereocenters. The molecule has 0 spiro atoms. The fourth-order valence-electron chi connectivity index (χ4n) is 2.10. The van der Waals surface area contributed by atoms with Crippen molar-refractivity contribution in [2.45, 2.75) is 30.6 Å². The van der Waals surface area contributed by atoms with Crippen molar-refractivity contribution in [3.63, 3.8) is 0 Å². The first-order valence-electron chi connectivity index (χ1n) is 5.62. The van der Waals surface area contributed by atoms with Gasteiger partial charge in [-0.2, -0.15) is 5.26 Å². The van der Waals surface area contributed by atoms with Crippen LogP contribution in [0.5, 0.6) is 0 Å². The van der Waals surface area contributed by atoms with Crippen molar-refractivity contribution < 1.29 is 0 Å². The molecule has 0 N–H and O–H groups in total. The van der Waals surface area contributed by atoms with Gasteiger partial charge in [-0.25, -0.2) is 0 Å². The monoisotopic (exact) mass is 251 g/mol. The Bertz CT molecular complexity index is 405. The van der Waals surface area contributed by atoms with Crippen LogP contribution in [0.2, 0.25) is 5.02 Å². The first kappa shape index (κ1) is 11.8. The van der Waals surface area contributed by atoms with E-state index < -0.39 is 0 Å². The molecule has 1 aliphatic rings. The van der Waals surface area contributed by atoms with Crippen molar-refractivity contribution in [2.24, 2.45) is 5.92 Å². The predicted octanol–water partition coefficient (Wildman–Crippen LogP) is 4.49. The zero-order valence-corrected chi connectivity index (χ0v) is 10.7. The summed E-state index contributed by atoms with van der Waals surface area (Å²) in [6.45, 7) is 0. The lowest BCUT2D eigenvalue weighted by Crippen LogP contribution is -1.96. The van der Waals surface area contributed by atoms with Gasteiger partial charge in [0.15, 0.2) is 0 Å². The van der Waals surface area contributed by atoms with E-state index in [9.17, 15) is 0 Å². The molecule has 0 aliphatic heterocycles. The first-order chi connectivity index (χ1) is 7.79. The van der Waals surface area contributed by atoms with Crippen molar-refractivity contribution in [1.29, 1.82) is 5.26 Å². The van der Waals surface area contributed by atoms with Crippen LogP contribution >= 0.6 is 23.4 Å². The lowest BCUT2D eigenvalue weighted by molar-refractivity contribution is 0.623. The number of rotatable bonds is 3. The molecule has 0 aromatic heterocycles. The summed E-state index contributed by atoms with van der Waals surface area (Å²) in [4.78, 5) is 1.07. The van der Waals surface area contributed by atoms with E-state index in [1.54, 1.807) is 17.8 Å². The van der Waals surface area contributed by atoms with Gasteiger partial charge in [0.05, 0.1) is 5.56 Å². The molecule has 0 unspecified atom stereocenters. The van der Waals surface area contributed by atoms with Gasteiger partial charge in [0.2, 0.25) is 0 Å². The smallest absolute Gasteiger partial charge is 0.100 e. The molecular weight excluding hydrogens is 238 g/mol. The van der Waals surface area contributed by atoms with Crippen molar-refractivity contribution in [3.8, 4) is 6.07 Å². The molecule has 1 fully saturated rings. The van der Waals surface area contributed by atoms with Gasteiger partial charge < -0.3 is 0 Å². The number of benzene rings is 1. The van der Waals surface area contributed by atoms with Gasteiger partial charge >= 0.3 is 0 Å². The highest BCUT2D eigenvalue weighted by Crippen LogP contribution is 2.32. The van der Waals surface area contributed by atoms with Gasteiger partial charge in [-0.15, -0.1) is 11.8 Å². The van der Waals surface area contributed by atoms with E-state index in [0.717, 1.165) is 16.6 Å². The summed E-state index contributed by atoms with van der Waals surface area (Å²) in [6.07, 6.45) is 5.44. The molecule has 1 saturated carbocycles. The SMILES string of the molecule is N#Cc1cc(Cl)ccc1SCC1CCCC1. The van der Waals surface area contributed by atoms with Crippen LogP contribution in [0.25, 0.3) is 0 Å². The Kier molecular flexibility index (Phi) is 4.15. The number of hydrogen-bond donors (Lipinski definition) is 0. The minimum atomic E-state index is 0.641. The Morgan fingerprint density at radius 2 is 2.12 bits per heavy atom. The molecule has 1 nitrogen and oxygen atoms in total. The standard InChI is InChI=1S/C13H14ClNS/c14-12-5-6-13(11(7-12)8-15)16-9-10-3-1-2-4-10/h5-7,10H,1-4,9H2. The average molecular weight is 252 g/mol. The highest BCUT2D eigenvalue weighted by molar-refractivity contribution is 7.99. The highest BCUT2D eigenvalue weighted by atomic mass is 35.5. The lowest BCUT2D eigenvalue weighted by atomic mass is 10.1. The largest absolute Gasteiger partial charge is 0.192 e. The Balaban J connectivity index is 2.00. The number of nitriles is 1. The van der Waals surface area contributed by atoms with E-state index in [4.69, 9.17) is 16.9 Å². The highest BCUT2D eigenvalue weighted by Gasteiger charge is 2.15. The van der Waals surface area contributed by atoms with Crippen molar-refractivity contribution in [2.75, 3.05) is 5.75 Å². The molecule has 16 heavy (non-hydrogen) atoms. The molecular formula is C13H14ClNS. The number of hydrogen-bond acceptors (Lipinski definition) is 2. The number of thioether (sulfide) groups is 1. The van der Waals surface area contributed by atoms with Crippen molar-refractivity contribution >= 4 is 23.4 Å². The first-order valence-corrected chi connectivity index (χ1v) is 6.98. The Hall–Kier alpha value is -0.650. The van der Waals surface area contributed by atoms with E-state index in [0.29, 0.717) is 10.6 Å². The van der Waals surface area contributed by atoms with Gasteiger partial charge in [0.25, 0.3) is 0 Å². The predicted molar refractivity (Wildman–Crippen MR) is 68.8 cm³/mol. The molecule has 1 aromatic rings. The van der Waals surface area contributed by atoms with Crippen molar-refractivity contribution in [3.05, 3.63) is 28.8 Å². The summed E-state index contributed by atoms with van der Waals surface area (Å²) in [7, 11) is 0. The molecule has 0 heterocycles. The summed E-state index contributed by atoms with van der Waals surface area (Å²) < 4.78 is 0. The van der Waals surface area contributed by atoms with Crippen LogP contribution in [0.15, 0.2) is 23.1 Å². The summed E-state index contributed by atoms with van der Waals surface area (Å²) in [5, 5.41) is 9.65. The molecule has 0 amide bonds. The van der Waals surface area contributed by atoms with Gasteiger partial charge in [-0.05, 0) is 37.0 Å². The topological polar surface area (TPSA) is 23.8 Å². The lowest BCUT2D eigenvalue weighted by Gasteiger charge is -2.09. The molecule has 1 aliphatic carbocycles. The maximum atomic E-state index is 9.01. The molecule has 0 saturated heterocycles. The normalized spacial score (nSPS) is 16.2. The fourth-order valence-corrected chi connectivity index (χ4v) is 3.45. The van der Waals surface area contributed by atoms with Crippen LogP contribution in [0, 0.1) is 17.2 Å². The van der Waals surface area contributed by atoms with Gasteiger partial charge in [0.1, 0.15) is 6.07 Å². The third-order valence-electron chi connectivity index (χ3n) is 3.01. The number of halogens is 1. The van der Waals surface area contributed by atoms with E-state index in [1.165, 1.54) is 25.7 Å². The van der Waals surface area contributed by atoms with Crippen LogP contribution in [0.1, 0.15) is 31.2 Å². The Morgan fingerprint density at radius 3 is 2.81 bits per heavy atom. The average Bonchev–Trinajstić information content (AvgIpc) is 2.80. The van der Waals surface area contributed by atoms with E-state index in [2.05, 4.69) is 6.07 Å². The second-order valence-electron chi connectivity index (χ2n) is 4.21. The van der Waals surface area contributed by atoms with Gasteiger partial charge in [-0.3, -0.25) is 0 Å². The second kappa shape index (κ2) is 5.61. The zero-order valence-electron chi connectivity index (χ0n) is 9.08. The number of nitrogens with zero attached hydrogens (tertiary/aromatic N) is 1. The summed E-state index contributed by atoms with van der Waals surface area (Å²) >= 11 is 7.66. The van der Waals surface area contributed by atoms with E-state index >= 15 is 0 Å².